The van der Waals surface area contributed by atoms with Gasteiger partial charge in [0.05, 0.1) is 29.7 Å². The van der Waals surface area contributed by atoms with Gasteiger partial charge in [0.1, 0.15) is 0 Å². The number of hydrogen-bond acceptors (Lipinski definition) is 5. The van der Waals surface area contributed by atoms with Gasteiger partial charge >= 0.3 is 0 Å². The van der Waals surface area contributed by atoms with E-state index in [1.54, 1.807) is 22.9 Å². The highest BCUT2D eigenvalue weighted by Gasteiger charge is 2.32. The van der Waals surface area contributed by atoms with Crippen molar-refractivity contribution in [3.05, 3.63) is 71.7 Å². The van der Waals surface area contributed by atoms with Crippen LogP contribution >= 0.6 is 0 Å². The Balaban J connectivity index is 1.61. The molecule has 3 aromatic rings. The third-order valence-electron chi connectivity index (χ3n) is 5.81. The fraction of sp³-hybridized carbons (Fsp3) is 0.444. The van der Waals surface area contributed by atoms with Crippen LogP contribution in [0.1, 0.15) is 37.9 Å². The number of benzene rings is 2. The summed E-state index contributed by atoms with van der Waals surface area (Å²) in [6.07, 6.45) is 1.60. The summed E-state index contributed by atoms with van der Waals surface area (Å²) >= 11 is 0. The number of aryl methyl sites for hydroxylation is 1. The Morgan fingerprint density at radius 1 is 1.09 bits per heavy atom. The number of nitrogens with zero attached hydrogens (tertiary/aromatic N) is 3. The second-order valence-electron chi connectivity index (χ2n) is 9.39. The number of aromatic nitrogens is 2. The molecule has 0 amide bonds. The largest absolute Gasteiger partial charge is 0.435 e. The lowest BCUT2D eigenvalue weighted by molar-refractivity contribution is 0.00536. The summed E-state index contributed by atoms with van der Waals surface area (Å²) in [6, 6.07) is 16.5. The van der Waals surface area contributed by atoms with Gasteiger partial charge in [0, 0.05) is 25.7 Å². The molecule has 1 aliphatic carbocycles. The van der Waals surface area contributed by atoms with Gasteiger partial charge in [0.15, 0.2) is 11.6 Å². The Hall–Kier alpha value is -2.74. The van der Waals surface area contributed by atoms with Gasteiger partial charge in [-0.3, -0.25) is 4.90 Å². The molecule has 0 bridgehead atoms. The van der Waals surface area contributed by atoms with Crippen molar-refractivity contribution in [2.24, 2.45) is 5.92 Å². The minimum Gasteiger partial charge on any atom is -0.435 e. The highest BCUT2D eigenvalue weighted by molar-refractivity contribution is 5.43. The number of aliphatic hydroxyl groups is 1. The van der Waals surface area contributed by atoms with Crippen molar-refractivity contribution in [3.8, 4) is 17.3 Å². The monoisotopic (exact) mass is 467 g/mol. The number of ether oxygens (including phenoxy) is 2. The smallest absolute Gasteiger partial charge is 0.227 e. The molecule has 0 spiro atoms. The van der Waals surface area contributed by atoms with Gasteiger partial charge in [-0.15, -0.1) is 0 Å². The molecule has 182 valence electrons. The zero-order valence-electron chi connectivity index (χ0n) is 20.2. The summed E-state index contributed by atoms with van der Waals surface area (Å²) in [4.78, 5) is 2.26. The van der Waals surface area contributed by atoms with E-state index in [1.165, 1.54) is 6.07 Å². The standard InChI is InChI=1S/C27H34FN3O3/c1-19(2)17-33-18-23(32)15-30(21-13-14-21)16-24-20(3)29-31(22-9-5-4-6-10-22)27(24)34-26-12-8-7-11-25(26)28/h4-12,19,21,23,32H,13-18H2,1-3H3/t23-/m0/s1. The highest BCUT2D eigenvalue weighted by Crippen LogP contribution is 2.35. The Morgan fingerprint density at radius 2 is 1.79 bits per heavy atom. The Bertz CT molecular complexity index is 1070. The average Bonchev–Trinajstić information content (AvgIpc) is 3.61. The molecule has 34 heavy (non-hydrogen) atoms. The zero-order valence-corrected chi connectivity index (χ0v) is 20.2. The van der Waals surface area contributed by atoms with Gasteiger partial charge in [-0.2, -0.15) is 5.10 Å². The molecule has 1 fully saturated rings. The summed E-state index contributed by atoms with van der Waals surface area (Å²) in [6.45, 7) is 8.11. The number of hydrogen-bond donors (Lipinski definition) is 1. The van der Waals surface area contributed by atoms with Crippen molar-refractivity contribution < 1.29 is 19.0 Å². The Kier molecular flexibility index (Phi) is 7.98. The first-order valence-electron chi connectivity index (χ1n) is 12.0. The predicted molar refractivity (Wildman–Crippen MR) is 130 cm³/mol. The quantitative estimate of drug-likeness (QED) is 0.401. The highest BCUT2D eigenvalue weighted by atomic mass is 19.1. The van der Waals surface area contributed by atoms with Crippen LogP contribution in [0.3, 0.4) is 0 Å². The molecule has 0 saturated heterocycles. The lowest BCUT2D eigenvalue weighted by Crippen LogP contribution is -2.36. The van der Waals surface area contributed by atoms with E-state index >= 15 is 0 Å². The minimum absolute atomic E-state index is 0.154. The van der Waals surface area contributed by atoms with Crippen LogP contribution in [0.4, 0.5) is 4.39 Å². The molecular formula is C27H34FN3O3. The van der Waals surface area contributed by atoms with Crippen molar-refractivity contribution >= 4 is 0 Å². The van der Waals surface area contributed by atoms with Crippen LogP contribution in [0, 0.1) is 18.7 Å². The molecule has 1 aliphatic rings. The third-order valence-corrected chi connectivity index (χ3v) is 5.81. The molecule has 0 unspecified atom stereocenters. The van der Waals surface area contributed by atoms with E-state index in [2.05, 4.69) is 18.7 Å². The molecule has 1 saturated carbocycles. The van der Waals surface area contributed by atoms with Crippen LogP contribution in [0.15, 0.2) is 54.6 Å². The molecule has 1 atom stereocenters. The number of para-hydroxylation sites is 2. The number of aliphatic hydroxyl groups excluding tert-OH is 1. The van der Waals surface area contributed by atoms with Gasteiger partial charge in [-0.25, -0.2) is 9.07 Å². The van der Waals surface area contributed by atoms with Gasteiger partial charge in [0.2, 0.25) is 5.88 Å². The summed E-state index contributed by atoms with van der Waals surface area (Å²) in [5, 5.41) is 15.4. The van der Waals surface area contributed by atoms with Gasteiger partial charge in [-0.05, 0) is 49.9 Å². The van der Waals surface area contributed by atoms with Crippen molar-refractivity contribution in [2.75, 3.05) is 19.8 Å². The lowest BCUT2D eigenvalue weighted by atomic mass is 10.2. The molecular weight excluding hydrogens is 433 g/mol. The van der Waals surface area contributed by atoms with Gasteiger partial charge in [0.25, 0.3) is 0 Å². The first-order chi connectivity index (χ1) is 16.4. The van der Waals surface area contributed by atoms with Crippen LogP contribution in [-0.4, -0.2) is 51.7 Å². The second kappa shape index (κ2) is 11.1. The van der Waals surface area contributed by atoms with E-state index in [4.69, 9.17) is 14.6 Å². The maximum absolute atomic E-state index is 14.5. The average molecular weight is 468 g/mol. The molecule has 6 nitrogen and oxygen atoms in total. The van der Waals surface area contributed by atoms with Crippen LogP contribution in [0.5, 0.6) is 11.6 Å². The first kappa shape index (κ1) is 24.4. The normalized spacial score (nSPS) is 14.7. The number of halogens is 1. The van der Waals surface area contributed by atoms with Crippen LogP contribution < -0.4 is 4.74 Å². The zero-order chi connectivity index (χ0) is 24.1. The van der Waals surface area contributed by atoms with E-state index in [0.29, 0.717) is 44.1 Å². The molecule has 1 heterocycles. The summed E-state index contributed by atoms with van der Waals surface area (Å²) < 4.78 is 28.0. The molecule has 0 aliphatic heterocycles. The fourth-order valence-corrected chi connectivity index (χ4v) is 3.95. The van der Waals surface area contributed by atoms with Crippen molar-refractivity contribution in [1.29, 1.82) is 0 Å². The molecule has 7 heteroatoms. The summed E-state index contributed by atoms with van der Waals surface area (Å²) in [5.41, 5.74) is 2.53. The Morgan fingerprint density at radius 3 is 2.47 bits per heavy atom. The summed E-state index contributed by atoms with van der Waals surface area (Å²) in [7, 11) is 0. The molecule has 1 N–H and O–H groups in total. The van der Waals surface area contributed by atoms with E-state index in [0.717, 1.165) is 29.8 Å². The van der Waals surface area contributed by atoms with E-state index < -0.39 is 11.9 Å². The maximum atomic E-state index is 14.5. The van der Waals surface area contributed by atoms with Crippen LogP contribution in [0.2, 0.25) is 0 Å². The fourth-order valence-electron chi connectivity index (χ4n) is 3.95. The van der Waals surface area contributed by atoms with E-state index in [-0.39, 0.29) is 5.75 Å². The van der Waals surface area contributed by atoms with Gasteiger partial charge in [-0.1, -0.05) is 44.2 Å². The molecule has 4 rings (SSSR count). The SMILES string of the molecule is Cc1nn(-c2ccccc2)c(Oc2ccccc2F)c1CN(C[C@H](O)COCC(C)C)C1CC1. The molecule has 0 radical (unpaired) electrons. The topological polar surface area (TPSA) is 59.8 Å². The van der Waals surface area contributed by atoms with E-state index in [1.807, 2.05) is 37.3 Å². The van der Waals surface area contributed by atoms with Crippen molar-refractivity contribution in [2.45, 2.75) is 52.3 Å². The molecule has 2 aromatic carbocycles. The minimum atomic E-state index is -0.584. The maximum Gasteiger partial charge on any atom is 0.227 e. The van der Waals surface area contributed by atoms with Crippen molar-refractivity contribution in [1.82, 2.24) is 14.7 Å². The third kappa shape index (κ3) is 6.23. The van der Waals surface area contributed by atoms with Crippen LogP contribution in [0.25, 0.3) is 5.69 Å². The number of rotatable bonds is 12. The van der Waals surface area contributed by atoms with Crippen LogP contribution in [-0.2, 0) is 11.3 Å². The van der Waals surface area contributed by atoms with E-state index in [9.17, 15) is 9.50 Å². The second-order valence-corrected chi connectivity index (χ2v) is 9.39. The molecule has 1 aromatic heterocycles. The predicted octanol–water partition coefficient (Wildman–Crippen LogP) is 5.11. The van der Waals surface area contributed by atoms with Crippen molar-refractivity contribution in [3.63, 3.8) is 0 Å². The summed E-state index contributed by atoms with van der Waals surface area (Å²) in [5.74, 6) is 0.644. The lowest BCUT2D eigenvalue weighted by Gasteiger charge is -2.25. The van der Waals surface area contributed by atoms with Gasteiger partial charge < -0.3 is 14.6 Å². The Labute approximate surface area is 200 Å². The first-order valence-corrected chi connectivity index (χ1v) is 12.0.